The number of hydrazone groups is 1. The van der Waals surface area contributed by atoms with Crippen LogP contribution in [0.15, 0.2) is 15.6 Å². The summed E-state index contributed by atoms with van der Waals surface area (Å²) < 4.78 is 18.2. The van der Waals surface area contributed by atoms with Gasteiger partial charge in [-0.05, 0) is 15.9 Å². The standard InChI is InChI=1S/C11H8BrFN6O4/c1-23-11(20)7-8(13)4(12)2-6(19(21)22)9(7)18-17-5(3-14)10(15)16/h2,18H,1H3,(H3,15,16)/b17-5+. The van der Waals surface area contributed by atoms with Crippen molar-refractivity contribution in [3.63, 3.8) is 0 Å². The number of nitrogens with one attached hydrogen (secondary N) is 2. The molecule has 23 heavy (non-hydrogen) atoms. The SMILES string of the molecule is COC(=O)c1c(F)c(Br)cc([N+](=O)[O-])c1N/N=C(\C#N)C(=N)N. The smallest absolute Gasteiger partial charge is 0.343 e. The number of nitro groups is 1. The van der Waals surface area contributed by atoms with E-state index in [9.17, 15) is 19.3 Å². The number of nitrogens with two attached hydrogens (primary N) is 1. The number of hydrogen-bond acceptors (Lipinski definition) is 8. The van der Waals surface area contributed by atoms with Crippen molar-refractivity contribution in [3.8, 4) is 6.07 Å². The van der Waals surface area contributed by atoms with Gasteiger partial charge in [0.2, 0.25) is 5.71 Å². The third kappa shape index (κ3) is 3.77. The molecule has 1 rings (SSSR count). The lowest BCUT2D eigenvalue weighted by molar-refractivity contribution is -0.384. The Kier molecular flexibility index (Phi) is 5.68. The van der Waals surface area contributed by atoms with E-state index >= 15 is 0 Å². The zero-order valence-electron chi connectivity index (χ0n) is 11.4. The number of nitriles is 1. The first-order chi connectivity index (χ1) is 10.7. The van der Waals surface area contributed by atoms with Gasteiger partial charge < -0.3 is 10.5 Å². The third-order valence-corrected chi connectivity index (χ3v) is 3.00. The predicted octanol–water partition coefficient (Wildman–Crippen LogP) is 1.51. The number of methoxy groups -OCH3 is 1. The van der Waals surface area contributed by atoms with Crippen molar-refractivity contribution in [2.75, 3.05) is 12.5 Å². The summed E-state index contributed by atoms with van der Waals surface area (Å²) in [7, 11) is 0.956. The van der Waals surface area contributed by atoms with Gasteiger partial charge in [0.1, 0.15) is 11.6 Å². The Labute approximate surface area is 136 Å². The normalized spacial score (nSPS) is 10.6. The minimum Gasteiger partial charge on any atom is -0.465 e. The molecule has 1 aromatic carbocycles. The van der Waals surface area contributed by atoms with E-state index in [1.54, 1.807) is 0 Å². The molecule has 0 saturated carbocycles. The molecule has 0 radical (unpaired) electrons. The van der Waals surface area contributed by atoms with Crippen molar-refractivity contribution in [1.29, 1.82) is 10.7 Å². The topological polar surface area (TPSA) is 167 Å². The third-order valence-electron chi connectivity index (χ3n) is 2.43. The molecule has 0 aliphatic heterocycles. The lowest BCUT2D eigenvalue weighted by Gasteiger charge is -2.10. The van der Waals surface area contributed by atoms with Crippen molar-refractivity contribution in [3.05, 3.63) is 32.0 Å². The van der Waals surface area contributed by atoms with Gasteiger partial charge in [0.15, 0.2) is 17.3 Å². The summed E-state index contributed by atoms with van der Waals surface area (Å²) in [5.41, 5.74) is 4.34. The Morgan fingerprint density at radius 2 is 2.30 bits per heavy atom. The first-order valence-corrected chi connectivity index (χ1v) is 6.36. The Bertz CT molecular complexity index is 773. The maximum atomic E-state index is 14.1. The molecule has 12 heteroatoms. The number of nitrogens with zero attached hydrogens (tertiary/aromatic N) is 3. The Hall–Kier alpha value is -3.07. The summed E-state index contributed by atoms with van der Waals surface area (Å²) in [4.78, 5) is 21.9. The molecule has 0 amide bonds. The number of carbonyl (C=O) groups is 1. The van der Waals surface area contributed by atoms with E-state index in [-0.39, 0.29) is 4.47 Å². The fourth-order valence-electron chi connectivity index (χ4n) is 1.42. The number of benzene rings is 1. The molecule has 1 aromatic rings. The van der Waals surface area contributed by atoms with Crippen molar-refractivity contribution in [2.45, 2.75) is 0 Å². The van der Waals surface area contributed by atoms with Crippen molar-refractivity contribution < 1.29 is 18.8 Å². The van der Waals surface area contributed by atoms with E-state index in [4.69, 9.17) is 16.4 Å². The van der Waals surface area contributed by atoms with Gasteiger partial charge in [-0.1, -0.05) is 0 Å². The predicted molar refractivity (Wildman–Crippen MR) is 80.7 cm³/mol. The molecule has 0 atom stereocenters. The fourth-order valence-corrected chi connectivity index (χ4v) is 1.84. The van der Waals surface area contributed by atoms with Gasteiger partial charge in [-0.25, -0.2) is 9.18 Å². The number of esters is 1. The summed E-state index contributed by atoms with van der Waals surface area (Å²) in [5, 5.41) is 30.3. The average Bonchev–Trinajstić information content (AvgIpc) is 2.49. The van der Waals surface area contributed by atoms with E-state index in [2.05, 4.69) is 25.8 Å². The quantitative estimate of drug-likeness (QED) is 0.226. The number of anilines is 1. The molecule has 10 nitrogen and oxygen atoms in total. The van der Waals surface area contributed by atoms with Crippen LogP contribution in [0.25, 0.3) is 0 Å². The number of hydrogen-bond donors (Lipinski definition) is 3. The highest BCUT2D eigenvalue weighted by Crippen LogP contribution is 2.35. The van der Waals surface area contributed by atoms with Crippen LogP contribution in [-0.2, 0) is 4.74 Å². The van der Waals surface area contributed by atoms with Crippen LogP contribution in [0.1, 0.15) is 10.4 Å². The van der Waals surface area contributed by atoms with Gasteiger partial charge in [-0.2, -0.15) is 10.4 Å². The van der Waals surface area contributed by atoms with E-state index in [1.807, 2.05) is 5.43 Å². The van der Waals surface area contributed by atoms with Gasteiger partial charge in [0.05, 0.1) is 16.5 Å². The minimum absolute atomic E-state index is 0.341. The number of amidine groups is 1. The zero-order valence-corrected chi connectivity index (χ0v) is 13.0. The number of carbonyl (C=O) groups excluding carboxylic acids is 1. The van der Waals surface area contributed by atoms with Gasteiger partial charge >= 0.3 is 5.97 Å². The molecule has 0 spiro atoms. The highest BCUT2D eigenvalue weighted by molar-refractivity contribution is 9.10. The van der Waals surface area contributed by atoms with Crippen LogP contribution >= 0.6 is 15.9 Å². The Morgan fingerprint density at radius 3 is 2.74 bits per heavy atom. The number of halogens is 2. The van der Waals surface area contributed by atoms with E-state index in [0.29, 0.717) is 0 Å². The lowest BCUT2D eigenvalue weighted by atomic mass is 10.1. The van der Waals surface area contributed by atoms with Crippen LogP contribution in [0.4, 0.5) is 15.8 Å². The van der Waals surface area contributed by atoms with Gasteiger partial charge in [-0.15, -0.1) is 0 Å². The molecule has 0 aliphatic rings. The van der Waals surface area contributed by atoms with Gasteiger partial charge in [0.25, 0.3) is 5.69 Å². The molecule has 0 heterocycles. The highest BCUT2D eigenvalue weighted by atomic mass is 79.9. The Morgan fingerprint density at radius 1 is 1.70 bits per heavy atom. The maximum absolute atomic E-state index is 14.1. The van der Waals surface area contributed by atoms with Crippen LogP contribution in [-0.4, -0.2) is 29.5 Å². The molecular weight excluding hydrogens is 379 g/mol. The number of rotatable bonds is 5. The summed E-state index contributed by atoms with van der Waals surface area (Å²) in [6.45, 7) is 0. The monoisotopic (exact) mass is 386 g/mol. The maximum Gasteiger partial charge on any atom is 0.343 e. The van der Waals surface area contributed by atoms with Crippen LogP contribution in [0.2, 0.25) is 0 Å². The fraction of sp³-hybridized carbons (Fsp3) is 0.0909. The van der Waals surface area contributed by atoms with E-state index in [0.717, 1.165) is 13.2 Å². The van der Waals surface area contributed by atoms with E-state index in [1.165, 1.54) is 6.07 Å². The van der Waals surface area contributed by atoms with Crippen LogP contribution < -0.4 is 11.2 Å². The van der Waals surface area contributed by atoms with Gasteiger partial charge in [0, 0.05) is 6.07 Å². The second-order valence-electron chi connectivity index (χ2n) is 3.79. The van der Waals surface area contributed by atoms with Crippen LogP contribution in [0.5, 0.6) is 0 Å². The molecular formula is C11H8BrFN6O4. The molecule has 0 aromatic heterocycles. The largest absolute Gasteiger partial charge is 0.465 e. The number of nitro benzene ring substituents is 1. The molecule has 0 fully saturated rings. The van der Waals surface area contributed by atoms with E-state index < -0.39 is 45.2 Å². The molecule has 0 aliphatic carbocycles. The molecule has 4 N–H and O–H groups in total. The van der Waals surface area contributed by atoms with Crippen molar-refractivity contribution in [1.82, 2.24) is 0 Å². The molecule has 120 valence electrons. The molecule has 0 unspecified atom stereocenters. The molecule has 0 saturated heterocycles. The zero-order chi connectivity index (χ0) is 17.7. The summed E-state index contributed by atoms with van der Waals surface area (Å²) in [6, 6.07) is 2.26. The highest BCUT2D eigenvalue weighted by Gasteiger charge is 2.29. The van der Waals surface area contributed by atoms with Crippen molar-refractivity contribution in [2.24, 2.45) is 10.8 Å². The second kappa shape index (κ2) is 7.27. The summed E-state index contributed by atoms with van der Waals surface area (Å²) >= 11 is 2.76. The first-order valence-electron chi connectivity index (χ1n) is 5.57. The first kappa shape index (κ1) is 18.0. The van der Waals surface area contributed by atoms with Gasteiger partial charge in [-0.3, -0.25) is 20.9 Å². The minimum atomic E-state index is -1.20. The lowest BCUT2D eigenvalue weighted by Crippen LogP contribution is -2.22. The summed E-state index contributed by atoms with van der Waals surface area (Å²) in [5.74, 6) is -3.05. The Balaban J connectivity index is 3.64. The second-order valence-corrected chi connectivity index (χ2v) is 4.64. The average molecular weight is 387 g/mol. The van der Waals surface area contributed by atoms with Crippen LogP contribution in [0.3, 0.4) is 0 Å². The van der Waals surface area contributed by atoms with Crippen molar-refractivity contribution >= 4 is 44.8 Å². The number of ether oxygens (including phenoxy) is 1. The van der Waals surface area contributed by atoms with Crippen LogP contribution in [0, 0.1) is 32.7 Å². The molecule has 0 bridgehead atoms. The summed E-state index contributed by atoms with van der Waals surface area (Å²) in [6.07, 6.45) is 0.